The molecule has 0 saturated carbocycles. The first-order valence-electron chi connectivity index (χ1n) is 8.37. The smallest absolute Gasteiger partial charge is 0.251 e. The Morgan fingerprint density at radius 1 is 1.14 bits per heavy atom. The summed E-state index contributed by atoms with van der Waals surface area (Å²) in [6.07, 6.45) is 1.73. The third-order valence-electron chi connectivity index (χ3n) is 3.75. The lowest BCUT2D eigenvalue weighted by Gasteiger charge is -2.11. The molecule has 0 saturated heterocycles. The van der Waals surface area contributed by atoms with Crippen molar-refractivity contribution in [3.63, 3.8) is 0 Å². The van der Waals surface area contributed by atoms with Crippen molar-refractivity contribution in [2.45, 2.75) is 6.54 Å². The van der Waals surface area contributed by atoms with Gasteiger partial charge in [-0.25, -0.2) is 8.78 Å². The molecule has 0 aliphatic carbocycles. The quantitative estimate of drug-likeness (QED) is 0.481. The standard InChI is InChI=1S/C21H21F2N3O2/c1-14(25)16-4-2-15(3-5-16)12-26-21(27)17(10-19(23)11-24)13-28-20-8-6-18(22)7-9-20/h2-11H,1,12-13,24-25H2,(H,26,27)/b17-10+,19-11+. The molecule has 0 atom stereocenters. The topological polar surface area (TPSA) is 90.4 Å². The molecule has 0 heterocycles. The van der Waals surface area contributed by atoms with Crippen LogP contribution in [0.1, 0.15) is 11.1 Å². The normalized spacial score (nSPS) is 11.8. The highest BCUT2D eigenvalue weighted by atomic mass is 19.1. The first-order chi connectivity index (χ1) is 13.4. The van der Waals surface area contributed by atoms with Crippen molar-refractivity contribution in [1.29, 1.82) is 0 Å². The van der Waals surface area contributed by atoms with E-state index in [-0.39, 0.29) is 18.7 Å². The van der Waals surface area contributed by atoms with Gasteiger partial charge in [-0.3, -0.25) is 4.79 Å². The van der Waals surface area contributed by atoms with E-state index in [1.807, 2.05) is 0 Å². The second-order valence-corrected chi connectivity index (χ2v) is 5.87. The van der Waals surface area contributed by atoms with Crippen LogP contribution in [0.4, 0.5) is 8.78 Å². The van der Waals surface area contributed by atoms with E-state index in [2.05, 4.69) is 11.9 Å². The second kappa shape index (κ2) is 9.91. The van der Waals surface area contributed by atoms with Gasteiger partial charge in [0.2, 0.25) is 0 Å². The summed E-state index contributed by atoms with van der Waals surface area (Å²) in [5.41, 5.74) is 12.8. The van der Waals surface area contributed by atoms with Gasteiger partial charge in [0.25, 0.3) is 5.91 Å². The van der Waals surface area contributed by atoms with Gasteiger partial charge in [-0.1, -0.05) is 30.8 Å². The molecule has 0 aliphatic heterocycles. The first kappa shape index (κ1) is 20.7. The number of allylic oxidation sites excluding steroid dienone is 2. The Morgan fingerprint density at radius 2 is 1.79 bits per heavy atom. The minimum absolute atomic E-state index is 0.0236. The number of carbonyl (C=O) groups excluding carboxylic acids is 1. The SMILES string of the molecule is C=C(N)c1ccc(CNC(=O)/C(=C/C(F)=C\N)COc2ccc(F)cc2)cc1. The molecule has 5 nitrogen and oxygen atoms in total. The van der Waals surface area contributed by atoms with Crippen LogP contribution in [0.3, 0.4) is 0 Å². The van der Waals surface area contributed by atoms with E-state index in [0.717, 1.165) is 23.4 Å². The predicted octanol–water partition coefficient (Wildman–Crippen LogP) is 3.15. The second-order valence-electron chi connectivity index (χ2n) is 5.87. The van der Waals surface area contributed by atoms with Gasteiger partial charge in [0.1, 0.15) is 24.0 Å². The molecule has 5 N–H and O–H groups in total. The van der Waals surface area contributed by atoms with Gasteiger partial charge in [-0.2, -0.15) is 0 Å². The van der Waals surface area contributed by atoms with Crippen molar-refractivity contribution >= 4 is 11.6 Å². The van der Waals surface area contributed by atoms with E-state index >= 15 is 0 Å². The zero-order chi connectivity index (χ0) is 20.5. The van der Waals surface area contributed by atoms with Gasteiger partial charge < -0.3 is 21.5 Å². The molecule has 28 heavy (non-hydrogen) atoms. The molecule has 0 unspecified atom stereocenters. The van der Waals surface area contributed by atoms with Crippen molar-refractivity contribution in [2.24, 2.45) is 11.5 Å². The number of hydrogen-bond donors (Lipinski definition) is 3. The van der Waals surface area contributed by atoms with Crippen LogP contribution < -0.4 is 21.5 Å². The molecule has 2 rings (SSSR count). The monoisotopic (exact) mass is 385 g/mol. The van der Waals surface area contributed by atoms with Crippen LogP contribution in [-0.4, -0.2) is 12.5 Å². The molecule has 2 aromatic carbocycles. The number of nitrogens with two attached hydrogens (primary N) is 2. The van der Waals surface area contributed by atoms with Gasteiger partial charge in [0, 0.05) is 18.4 Å². The molecule has 0 spiro atoms. The van der Waals surface area contributed by atoms with E-state index in [1.54, 1.807) is 24.3 Å². The highest BCUT2D eigenvalue weighted by Crippen LogP contribution is 2.14. The van der Waals surface area contributed by atoms with Crippen LogP contribution in [0.25, 0.3) is 5.70 Å². The van der Waals surface area contributed by atoms with Gasteiger partial charge >= 0.3 is 0 Å². The molecule has 7 heteroatoms. The number of ether oxygens (including phenoxy) is 1. The highest BCUT2D eigenvalue weighted by molar-refractivity contribution is 5.94. The van der Waals surface area contributed by atoms with Crippen LogP contribution >= 0.6 is 0 Å². The third-order valence-corrected chi connectivity index (χ3v) is 3.75. The maximum absolute atomic E-state index is 13.6. The number of benzene rings is 2. The van der Waals surface area contributed by atoms with Crippen LogP contribution in [0.15, 0.2) is 78.8 Å². The Labute approximate surface area is 162 Å². The summed E-state index contributed by atoms with van der Waals surface area (Å²) in [4.78, 5) is 12.4. The molecule has 1 amide bonds. The van der Waals surface area contributed by atoms with E-state index in [4.69, 9.17) is 16.2 Å². The molecule has 0 fully saturated rings. The van der Waals surface area contributed by atoms with Crippen molar-refractivity contribution in [3.8, 4) is 5.75 Å². The zero-order valence-corrected chi connectivity index (χ0v) is 15.1. The first-order valence-corrected chi connectivity index (χ1v) is 8.37. The lowest BCUT2D eigenvalue weighted by atomic mass is 10.1. The fourth-order valence-electron chi connectivity index (χ4n) is 2.21. The van der Waals surface area contributed by atoms with Gasteiger partial charge in [0.15, 0.2) is 0 Å². The summed E-state index contributed by atoms with van der Waals surface area (Å²) in [6.45, 7) is 3.66. The van der Waals surface area contributed by atoms with Gasteiger partial charge in [-0.15, -0.1) is 0 Å². The van der Waals surface area contributed by atoms with Crippen LogP contribution in [-0.2, 0) is 11.3 Å². The molecular weight excluding hydrogens is 364 g/mol. The molecule has 0 aromatic heterocycles. The summed E-state index contributed by atoms with van der Waals surface area (Å²) in [7, 11) is 0. The largest absolute Gasteiger partial charge is 0.489 e. The number of amides is 1. The van der Waals surface area contributed by atoms with Crippen LogP contribution in [0.5, 0.6) is 5.75 Å². The summed E-state index contributed by atoms with van der Waals surface area (Å²) in [6, 6.07) is 12.4. The van der Waals surface area contributed by atoms with Crippen molar-refractivity contribution < 1.29 is 18.3 Å². The number of nitrogens with one attached hydrogen (secondary N) is 1. The molecule has 0 radical (unpaired) electrons. The zero-order valence-electron chi connectivity index (χ0n) is 15.1. The minimum atomic E-state index is -0.779. The lowest BCUT2D eigenvalue weighted by molar-refractivity contribution is -0.118. The van der Waals surface area contributed by atoms with Crippen LogP contribution in [0.2, 0.25) is 0 Å². The maximum atomic E-state index is 13.6. The highest BCUT2D eigenvalue weighted by Gasteiger charge is 2.12. The average Bonchev–Trinajstić information content (AvgIpc) is 2.70. The van der Waals surface area contributed by atoms with Crippen molar-refractivity contribution in [1.82, 2.24) is 5.32 Å². The van der Waals surface area contributed by atoms with Gasteiger partial charge in [-0.05, 0) is 41.5 Å². The summed E-state index contributed by atoms with van der Waals surface area (Å²) in [5.74, 6) is -1.37. The average molecular weight is 385 g/mol. The molecule has 146 valence electrons. The fraction of sp³-hybridized carbons (Fsp3) is 0.0952. The number of rotatable bonds is 8. The Balaban J connectivity index is 2.03. The Kier molecular flexibility index (Phi) is 7.33. The number of hydrogen-bond acceptors (Lipinski definition) is 4. The molecular formula is C21H21F2N3O2. The van der Waals surface area contributed by atoms with Crippen LogP contribution in [0, 0.1) is 5.82 Å². The summed E-state index contributed by atoms with van der Waals surface area (Å²) < 4.78 is 31.9. The fourth-order valence-corrected chi connectivity index (χ4v) is 2.21. The molecule has 0 aliphatic rings. The Bertz CT molecular complexity index is 889. The number of halogens is 2. The van der Waals surface area contributed by atoms with E-state index < -0.39 is 17.6 Å². The lowest BCUT2D eigenvalue weighted by Crippen LogP contribution is -2.27. The third kappa shape index (κ3) is 6.28. The molecule has 0 bridgehead atoms. The number of carbonyl (C=O) groups is 1. The minimum Gasteiger partial charge on any atom is -0.489 e. The maximum Gasteiger partial charge on any atom is 0.251 e. The van der Waals surface area contributed by atoms with Crippen molar-refractivity contribution in [3.05, 3.63) is 95.7 Å². The predicted molar refractivity (Wildman–Crippen MR) is 105 cm³/mol. The van der Waals surface area contributed by atoms with E-state index in [9.17, 15) is 13.6 Å². The Hall–Kier alpha value is -3.61. The van der Waals surface area contributed by atoms with Crippen molar-refractivity contribution in [2.75, 3.05) is 6.61 Å². The van der Waals surface area contributed by atoms with E-state index in [0.29, 0.717) is 11.4 Å². The summed E-state index contributed by atoms with van der Waals surface area (Å²) >= 11 is 0. The Morgan fingerprint density at radius 3 is 2.36 bits per heavy atom. The summed E-state index contributed by atoms with van der Waals surface area (Å²) in [5, 5.41) is 2.69. The van der Waals surface area contributed by atoms with E-state index in [1.165, 1.54) is 24.3 Å². The van der Waals surface area contributed by atoms with Gasteiger partial charge in [0.05, 0.1) is 5.57 Å². The molecule has 2 aromatic rings.